The SMILES string of the molecule is COC1=CC(=O)C[C@@H](C)[C@]12Oc1c(Cl)c(-c3nc(C(C)OC4CCCCO4)no3)cc(OC)c1C2=O. The van der Waals surface area contributed by atoms with Crippen molar-refractivity contribution in [1.82, 2.24) is 10.1 Å². The maximum atomic E-state index is 13.7. The number of benzene rings is 1. The first-order valence-electron chi connectivity index (χ1n) is 11.8. The fourth-order valence-electron chi connectivity index (χ4n) is 4.95. The number of hydrogen-bond donors (Lipinski definition) is 0. The lowest BCUT2D eigenvalue weighted by Crippen LogP contribution is -2.51. The Morgan fingerprint density at radius 2 is 2.03 bits per heavy atom. The smallest absolute Gasteiger partial charge is 0.259 e. The number of halogens is 1. The monoisotopic (exact) mass is 518 g/mol. The molecule has 1 aromatic heterocycles. The number of hydrogen-bond acceptors (Lipinski definition) is 10. The zero-order valence-electron chi connectivity index (χ0n) is 20.5. The molecule has 0 N–H and O–H groups in total. The molecular weight excluding hydrogens is 492 g/mol. The number of ketones is 2. The van der Waals surface area contributed by atoms with Crippen LogP contribution in [0.1, 0.15) is 61.8 Å². The van der Waals surface area contributed by atoms with E-state index in [1.165, 1.54) is 20.3 Å². The first kappa shape index (κ1) is 24.7. The minimum atomic E-state index is -1.52. The van der Waals surface area contributed by atoms with Crippen LogP contribution in [0.15, 0.2) is 22.4 Å². The summed E-state index contributed by atoms with van der Waals surface area (Å²) in [6.45, 7) is 4.23. The lowest BCUT2D eigenvalue weighted by Gasteiger charge is -2.36. The van der Waals surface area contributed by atoms with Crippen molar-refractivity contribution in [1.29, 1.82) is 0 Å². The number of nitrogens with zero attached hydrogens (tertiary/aromatic N) is 2. The topological polar surface area (TPSA) is 119 Å². The van der Waals surface area contributed by atoms with Gasteiger partial charge in [-0.2, -0.15) is 4.98 Å². The summed E-state index contributed by atoms with van der Waals surface area (Å²) in [5.41, 5.74) is -1.02. The van der Waals surface area contributed by atoms with Gasteiger partial charge in [-0.25, -0.2) is 0 Å². The second-order valence-corrected chi connectivity index (χ2v) is 9.51. The fraction of sp³-hybridized carbons (Fsp3) is 0.520. The highest BCUT2D eigenvalue weighted by molar-refractivity contribution is 6.36. The number of allylic oxidation sites excluding steroid dienone is 1. The Hall–Kier alpha value is -2.95. The highest BCUT2D eigenvalue weighted by atomic mass is 35.5. The summed E-state index contributed by atoms with van der Waals surface area (Å²) < 4.78 is 34.3. The molecule has 36 heavy (non-hydrogen) atoms. The number of Topliss-reactive ketones (excluding diaryl/α,β-unsaturated/α-hetero) is 1. The van der Waals surface area contributed by atoms with Crippen molar-refractivity contribution in [3.8, 4) is 23.0 Å². The van der Waals surface area contributed by atoms with Crippen molar-refractivity contribution in [2.75, 3.05) is 20.8 Å². The van der Waals surface area contributed by atoms with E-state index in [1.54, 1.807) is 13.0 Å². The molecule has 3 heterocycles. The van der Waals surface area contributed by atoms with Crippen molar-refractivity contribution in [2.24, 2.45) is 5.92 Å². The van der Waals surface area contributed by atoms with Crippen molar-refractivity contribution in [3.63, 3.8) is 0 Å². The maximum Gasteiger partial charge on any atom is 0.259 e. The zero-order valence-corrected chi connectivity index (χ0v) is 21.2. The lowest BCUT2D eigenvalue weighted by molar-refractivity contribution is -0.187. The lowest BCUT2D eigenvalue weighted by atomic mass is 9.75. The van der Waals surface area contributed by atoms with E-state index in [-0.39, 0.29) is 52.2 Å². The Bertz CT molecular complexity index is 1230. The van der Waals surface area contributed by atoms with Gasteiger partial charge < -0.3 is 28.2 Å². The van der Waals surface area contributed by atoms with Crippen LogP contribution in [0.4, 0.5) is 0 Å². The normalized spacial score (nSPS) is 26.4. The average molecular weight is 519 g/mol. The molecule has 2 unspecified atom stereocenters. The minimum absolute atomic E-state index is 0.106. The van der Waals surface area contributed by atoms with Crippen molar-refractivity contribution >= 4 is 23.2 Å². The molecule has 192 valence electrons. The molecule has 11 heteroatoms. The van der Waals surface area contributed by atoms with E-state index in [0.29, 0.717) is 18.0 Å². The number of fused-ring (bicyclic) bond motifs is 1. The second-order valence-electron chi connectivity index (χ2n) is 9.13. The minimum Gasteiger partial charge on any atom is -0.496 e. The van der Waals surface area contributed by atoms with Crippen LogP contribution < -0.4 is 9.47 Å². The standard InChI is InChI=1S/C25H27ClN2O8/c1-12-9-14(29)10-17(32-4)25(12)22(30)19-16(31-3)11-15(20(26)21(19)35-25)24-27-23(28-36-24)13(2)34-18-7-5-6-8-33-18/h10-13,18H,5-9H2,1-4H3/t12-,13?,18?,25+/m1/s1. The number of carbonyl (C=O) groups is 2. The molecule has 2 aromatic rings. The third kappa shape index (κ3) is 3.88. The molecule has 0 bridgehead atoms. The van der Waals surface area contributed by atoms with E-state index in [9.17, 15) is 9.59 Å². The third-order valence-corrected chi connectivity index (χ3v) is 7.22. The van der Waals surface area contributed by atoms with Crippen LogP contribution in [-0.4, -0.2) is 54.4 Å². The molecule has 4 atom stereocenters. The number of ether oxygens (including phenoxy) is 5. The summed E-state index contributed by atoms with van der Waals surface area (Å²) in [5.74, 6) is -0.131. The highest BCUT2D eigenvalue weighted by Gasteiger charge is 2.60. The first-order valence-corrected chi connectivity index (χ1v) is 12.2. The number of carbonyl (C=O) groups excluding carboxylic acids is 2. The molecular formula is C25H27ClN2O8. The van der Waals surface area contributed by atoms with Gasteiger partial charge in [-0.1, -0.05) is 23.7 Å². The van der Waals surface area contributed by atoms with E-state index in [0.717, 1.165) is 19.3 Å². The maximum absolute atomic E-state index is 13.7. The van der Waals surface area contributed by atoms with Gasteiger partial charge in [-0.15, -0.1) is 0 Å². The summed E-state index contributed by atoms with van der Waals surface area (Å²) in [7, 11) is 2.83. The first-order chi connectivity index (χ1) is 17.3. The van der Waals surface area contributed by atoms with E-state index in [4.69, 9.17) is 39.8 Å². The number of methoxy groups -OCH3 is 2. The van der Waals surface area contributed by atoms with E-state index >= 15 is 0 Å². The predicted octanol–water partition coefficient (Wildman–Crippen LogP) is 4.46. The summed E-state index contributed by atoms with van der Waals surface area (Å²) in [4.78, 5) is 30.4. The highest BCUT2D eigenvalue weighted by Crippen LogP contribution is 2.54. The molecule has 1 aromatic carbocycles. The second kappa shape index (κ2) is 9.49. The number of rotatable bonds is 6. The molecule has 1 aliphatic carbocycles. The van der Waals surface area contributed by atoms with Gasteiger partial charge in [0.15, 0.2) is 23.6 Å². The van der Waals surface area contributed by atoms with Crippen LogP contribution >= 0.6 is 11.6 Å². The number of aromatic nitrogens is 2. The van der Waals surface area contributed by atoms with Crippen LogP contribution in [0.3, 0.4) is 0 Å². The van der Waals surface area contributed by atoms with E-state index in [1.807, 2.05) is 6.92 Å². The van der Waals surface area contributed by atoms with Crippen molar-refractivity contribution in [3.05, 3.63) is 34.3 Å². The third-order valence-electron chi connectivity index (χ3n) is 6.84. The van der Waals surface area contributed by atoms with Gasteiger partial charge in [-0.05, 0) is 32.3 Å². The summed E-state index contributed by atoms with van der Waals surface area (Å²) >= 11 is 6.76. The Kier molecular flexibility index (Phi) is 6.52. The Morgan fingerprint density at radius 3 is 2.72 bits per heavy atom. The van der Waals surface area contributed by atoms with Crippen LogP contribution in [0.25, 0.3) is 11.5 Å². The summed E-state index contributed by atoms with van der Waals surface area (Å²) in [5, 5.41) is 4.16. The van der Waals surface area contributed by atoms with Crippen molar-refractivity contribution in [2.45, 2.75) is 57.5 Å². The zero-order chi connectivity index (χ0) is 25.6. The van der Waals surface area contributed by atoms with E-state index < -0.39 is 23.4 Å². The average Bonchev–Trinajstić information content (AvgIpc) is 3.47. The molecule has 10 nitrogen and oxygen atoms in total. The van der Waals surface area contributed by atoms with Crippen LogP contribution in [-0.2, 0) is 19.0 Å². The molecule has 5 rings (SSSR count). The Labute approximate surface area is 212 Å². The molecule has 1 spiro atoms. The quantitative estimate of drug-likeness (QED) is 0.542. The molecule has 2 aliphatic heterocycles. The van der Waals surface area contributed by atoms with Gasteiger partial charge in [0, 0.05) is 25.0 Å². The van der Waals surface area contributed by atoms with Crippen molar-refractivity contribution < 1.29 is 37.8 Å². The molecule has 0 radical (unpaired) electrons. The molecule has 0 saturated carbocycles. The predicted molar refractivity (Wildman–Crippen MR) is 126 cm³/mol. The van der Waals surface area contributed by atoms with Gasteiger partial charge in [-0.3, -0.25) is 9.59 Å². The molecule has 3 aliphatic rings. The van der Waals surface area contributed by atoms with Gasteiger partial charge in [0.1, 0.15) is 17.4 Å². The largest absolute Gasteiger partial charge is 0.496 e. The Morgan fingerprint density at radius 1 is 1.22 bits per heavy atom. The van der Waals surface area contributed by atoms with Crippen LogP contribution in [0, 0.1) is 5.92 Å². The Balaban J connectivity index is 1.51. The molecule has 0 amide bonds. The fourth-order valence-corrected chi connectivity index (χ4v) is 5.21. The van der Waals surface area contributed by atoms with Gasteiger partial charge in [0.2, 0.25) is 17.2 Å². The van der Waals surface area contributed by atoms with E-state index in [2.05, 4.69) is 10.1 Å². The van der Waals surface area contributed by atoms with Gasteiger partial charge in [0.25, 0.3) is 5.89 Å². The summed E-state index contributed by atoms with van der Waals surface area (Å²) in [6.07, 6.45) is 3.48. The van der Waals surface area contributed by atoms with Gasteiger partial charge in [0.05, 0.1) is 24.8 Å². The summed E-state index contributed by atoms with van der Waals surface area (Å²) in [6, 6.07) is 1.56. The van der Waals surface area contributed by atoms with Gasteiger partial charge >= 0.3 is 0 Å². The van der Waals surface area contributed by atoms with Crippen LogP contribution in [0.5, 0.6) is 11.5 Å². The molecule has 1 fully saturated rings. The van der Waals surface area contributed by atoms with Crippen LogP contribution in [0.2, 0.25) is 5.02 Å². The molecule has 1 saturated heterocycles.